The van der Waals surface area contributed by atoms with Crippen molar-refractivity contribution in [1.29, 1.82) is 0 Å². The van der Waals surface area contributed by atoms with E-state index in [0.717, 1.165) is 18.4 Å². The second kappa shape index (κ2) is 11.5. The highest BCUT2D eigenvalue weighted by molar-refractivity contribution is 5.75. The molecule has 1 aliphatic heterocycles. The lowest BCUT2D eigenvalue weighted by molar-refractivity contribution is -0.160. The first kappa shape index (κ1) is 28.7. The van der Waals surface area contributed by atoms with E-state index in [4.69, 9.17) is 23.7 Å². The smallest absolute Gasteiger partial charge is 0.314 e. The first-order chi connectivity index (χ1) is 16.1. The number of hydrogen-bond donors (Lipinski definition) is 0. The van der Waals surface area contributed by atoms with E-state index in [9.17, 15) is 9.59 Å². The molecule has 0 aliphatic carbocycles. The largest absolute Gasteiger partial charge is 0.457 e. The van der Waals surface area contributed by atoms with Crippen LogP contribution in [0.4, 0.5) is 0 Å². The summed E-state index contributed by atoms with van der Waals surface area (Å²) in [6.07, 6.45) is 5.12. The van der Waals surface area contributed by atoms with Crippen LogP contribution in [0, 0.1) is 10.8 Å². The Hall–Kier alpha value is -2.54. The standard InChI is InChI=1S/C28H42O7/c1-19(11-15-23-28(8,9)35-23)10-12-20-13-14-21(31-17-33-24(29)26(2,3)4)16-22(20)32-18-34-25(30)27(5,6)7/h10,13-14,16,23H,11-12,15,17-18H2,1-9H3/b19-10+. The van der Waals surface area contributed by atoms with Gasteiger partial charge < -0.3 is 23.7 Å². The van der Waals surface area contributed by atoms with Crippen molar-refractivity contribution in [3.05, 3.63) is 35.4 Å². The van der Waals surface area contributed by atoms with Crippen LogP contribution in [0.25, 0.3) is 0 Å². The molecule has 0 bridgehead atoms. The lowest BCUT2D eigenvalue weighted by Crippen LogP contribution is -2.25. The molecule has 0 radical (unpaired) electrons. The van der Waals surface area contributed by atoms with Crippen molar-refractivity contribution < 1.29 is 33.3 Å². The lowest BCUT2D eigenvalue weighted by Gasteiger charge is -2.18. The van der Waals surface area contributed by atoms with E-state index in [-0.39, 0.29) is 31.1 Å². The summed E-state index contributed by atoms with van der Waals surface area (Å²) in [5.41, 5.74) is 0.981. The van der Waals surface area contributed by atoms with Gasteiger partial charge in [0.05, 0.1) is 22.5 Å². The highest BCUT2D eigenvalue weighted by Gasteiger charge is 2.46. The van der Waals surface area contributed by atoms with Gasteiger partial charge in [-0.1, -0.05) is 17.7 Å². The van der Waals surface area contributed by atoms with E-state index in [2.05, 4.69) is 26.8 Å². The maximum atomic E-state index is 12.1. The van der Waals surface area contributed by atoms with Gasteiger partial charge in [0.2, 0.25) is 13.6 Å². The van der Waals surface area contributed by atoms with E-state index in [1.54, 1.807) is 53.7 Å². The molecule has 1 aromatic carbocycles. The van der Waals surface area contributed by atoms with E-state index in [1.807, 2.05) is 6.07 Å². The summed E-state index contributed by atoms with van der Waals surface area (Å²) in [6.45, 7) is 16.6. The van der Waals surface area contributed by atoms with Gasteiger partial charge in [-0.2, -0.15) is 0 Å². The van der Waals surface area contributed by atoms with Crippen LogP contribution < -0.4 is 9.47 Å². The van der Waals surface area contributed by atoms with E-state index >= 15 is 0 Å². The number of esters is 2. The molecule has 196 valence electrons. The van der Waals surface area contributed by atoms with E-state index < -0.39 is 10.8 Å². The van der Waals surface area contributed by atoms with Gasteiger partial charge in [0.1, 0.15) is 11.5 Å². The Morgan fingerprint density at radius 3 is 2.03 bits per heavy atom. The summed E-state index contributed by atoms with van der Waals surface area (Å²) < 4.78 is 27.5. The molecule has 1 unspecified atom stereocenters. The minimum atomic E-state index is -0.617. The van der Waals surface area contributed by atoms with Crippen LogP contribution in [0.2, 0.25) is 0 Å². The molecule has 0 spiro atoms. The van der Waals surface area contributed by atoms with Gasteiger partial charge in [-0.15, -0.1) is 0 Å². The predicted octanol–water partition coefficient (Wildman–Crippen LogP) is 5.98. The molecule has 1 aromatic rings. The van der Waals surface area contributed by atoms with E-state index in [1.165, 1.54) is 5.57 Å². The SMILES string of the molecule is C/C(=C\Cc1ccc(OCOC(=O)C(C)(C)C)cc1OCOC(=O)C(C)(C)C)CCC1OC1(C)C. The number of hydrogen-bond acceptors (Lipinski definition) is 7. The fraction of sp³-hybridized carbons (Fsp3) is 0.643. The van der Waals surface area contributed by atoms with Gasteiger partial charge >= 0.3 is 11.9 Å². The summed E-state index contributed by atoms with van der Waals surface area (Å²) >= 11 is 0. The third-order valence-corrected chi connectivity index (χ3v) is 5.72. The highest BCUT2D eigenvalue weighted by atomic mass is 16.7. The quantitative estimate of drug-likeness (QED) is 0.163. The molecule has 2 rings (SSSR count). The third-order valence-electron chi connectivity index (χ3n) is 5.72. The number of epoxide rings is 1. The Labute approximate surface area is 210 Å². The molecular formula is C28H42O7. The van der Waals surface area contributed by atoms with E-state index in [0.29, 0.717) is 24.0 Å². The molecule has 1 aliphatic rings. The first-order valence-corrected chi connectivity index (χ1v) is 12.2. The Bertz CT molecular complexity index is 916. The number of carbonyl (C=O) groups is 2. The summed E-state index contributed by atoms with van der Waals surface area (Å²) in [5.74, 6) is 0.338. The molecule has 1 saturated heterocycles. The van der Waals surface area contributed by atoms with Crippen LogP contribution >= 0.6 is 0 Å². The van der Waals surface area contributed by atoms with Gasteiger partial charge in [-0.05, 0) is 93.2 Å². The number of ether oxygens (including phenoxy) is 5. The van der Waals surface area contributed by atoms with Gasteiger partial charge in [0.25, 0.3) is 0 Å². The molecule has 0 saturated carbocycles. The monoisotopic (exact) mass is 490 g/mol. The van der Waals surface area contributed by atoms with Crippen LogP contribution in [-0.4, -0.2) is 37.2 Å². The number of benzene rings is 1. The number of rotatable bonds is 11. The Balaban J connectivity index is 2.03. The zero-order valence-electron chi connectivity index (χ0n) is 22.8. The zero-order valence-corrected chi connectivity index (χ0v) is 22.8. The zero-order chi connectivity index (χ0) is 26.4. The van der Waals surface area contributed by atoms with Gasteiger partial charge in [0.15, 0.2) is 0 Å². The molecule has 35 heavy (non-hydrogen) atoms. The van der Waals surface area contributed by atoms with Crippen molar-refractivity contribution in [2.75, 3.05) is 13.6 Å². The van der Waals surface area contributed by atoms with Crippen LogP contribution in [-0.2, 0) is 30.2 Å². The average molecular weight is 491 g/mol. The van der Waals surface area contributed by atoms with Crippen LogP contribution in [0.3, 0.4) is 0 Å². The van der Waals surface area contributed by atoms with Gasteiger partial charge in [0, 0.05) is 6.07 Å². The van der Waals surface area contributed by atoms with Crippen molar-refractivity contribution in [3.8, 4) is 11.5 Å². The second-order valence-corrected chi connectivity index (χ2v) is 11.7. The summed E-state index contributed by atoms with van der Waals surface area (Å²) in [4.78, 5) is 24.0. The topological polar surface area (TPSA) is 83.6 Å². The molecule has 7 nitrogen and oxygen atoms in total. The summed E-state index contributed by atoms with van der Waals surface area (Å²) in [5, 5.41) is 0. The molecular weight excluding hydrogens is 448 g/mol. The Morgan fingerprint density at radius 1 is 0.971 bits per heavy atom. The molecule has 0 amide bonds. The normalized spacial score (nSPS) is 17.5. The minimum Gasteiger partial charge on any atom is -0.457 e. The molecule has 1 heterocycles. The van der Waals surface area contributed by atoms with Crippen LogP contribution in [0.5, 0.6) is 11.5 Å². The predicted molar refractivity (Wildman–Crippen MR) is 134 cm³/mol. The lowest BCUT2D eigenvalue weighted by atomic mass is 9.97. The number of carbonyl (C=O) groups excluding carboxylic acids is 2. The van der Waals surface area contributed by atoms with Crippen molar-refractivity contribution >= 4 is 11.9 Å². The molecule has 7 heteroatoms. The number of allylic oxidation sites excluding steroid dienone is 2. The summed E-state index contributed by atoms with van der Waals surface area (Å²) in [7, 11) is 0. The summed E-state index contributed by atoms with van der Waals surface area (Å²) in [6, 6.07) is 5.42. The Kier molecular flexibility index (Phi) is 9.40. The van der Waals surface area contributed by atoms with Crippen LogP contribution in [0.15, 0.2) is 29.8 Å². The second-order valence-electron chi connectivity index (χ2n) is 11.7. The van der Waals surface area contributed by atoms with Gasteiger partial charge in [-0.25, -0.2) is 0 Å². The highest BCUT2D eigenvalue weighted by Crippen LogP contribution is 2.39. The molecule has 0 N–H and O–H groups in total. The van der Waals surface area contributed by atoms with Crippen molar-refractivity contribution in [2.45, 2.75) is 93.3 Å². The van der Waals surface area contributed by atoms with Crippen LogP contribution in [0.1, 0.15) is 80.7 Å². The fourth-order valence-corrected chi connectivity index (χ4v) is 3.14. The molecule has 0 aromatic heterocycles. The average Bonchev–Trinajstić information content (AvgIpc) is 3.36. The Morgan fingerprint density at radius 2 is 1.51 bits per heavy atom. The fourth-order valence-electron chi connectivity index (χ4n) is 3.14. The molecule has 1 atom stereocenters. The minimum absolute atomic E-state index is 0.00280. The van der Waals surface area contributed by atoms with Crippen molar-refractivity contribution in [1.82, 2.24) is 0 Å². The molecule has 1 fully saturated rings. The maximum absolute atomic E-state index is 12.1. The van der Waals surface area contributed by atoms with Crippen molar-refractivity contribution in [2.24, 2.45) is 10.8 Å². The maximum Gasteiger partial charge on any atom is 0.314 e. The van der Waals surface area contributed by atoms with Gasteiger partial charge in [-0.3, -0.25) is 9.59 Å². The first-order valence-electron chi connectivity index (χ1n) is 12.2. The van der Waals surface area contributed by atoms with Crippen molar-refractivity contribution in [3.63, 3.8) is 0 Å². The third kappa shape index (κ3) is 9.55.